The Morgan fingerprint density at radius 1 is 1.47 bits per heavy atom. The Morgan fingerprint density at radius 2 is 2.27 bits per heavy atom. The molecule has 0 fully saturated rings. The Bertz CT molecular complexity index is 493. The number of nitrogen functional groups attached to an aromatic ring is 1. The average Bonchev–Trinajstić information content (AvgIpc) is 2.74. The van der Waals surface area contributed by atoms with Crippen LogP contribution in [0, 0.1) is 5.82 Å². The summed E-state index contributed by atoms with van der Waals surface area (Å²) in [7, 11) is 0. The highest BCUT2D eigenvalue weighted by atomic mass is 19.1. The molecule has 1 heterocycles. The van der Waals surface area contributed by atoms with Gasteiger partial charge in [-0.1, -0.05) is 6.07 Å². The molecule has 0 aliphatic rings. The number of aromatic amines is 1. The molecule has 2 aromatic rings. The van der Waals surface area contributed by atoms with Gasteiger partial charge in [-0.3, -0.25) is 9.89 Å². The molecule has 5 heteroatoms. The molecule has 0 spiro atoms. The van der Waals surface area contributed by atoms with Crippen molar-refractivity contribution in [3.63, 3.8) is 0 Å². The fraction of sp³-hybridized carbons (Fsp3) is 0. The zero-order valence-corrected chi connectivity index (χ0v) is 7.70. The SMILES string of the molecule is Nc1c(F)cccc1C(=O)c1cn[nH]c1. The monoisotopic (exact) mass is 205 g/mol. The smallest absolute Gasteiger partial charge is 0.198 e. The largest absolute Gasteiger partial charge is 0.396 e. The third kappa shape index (κ3) is 1.59. The van der Waals surface area contributed by atoms with Crippen LogP contribution in [0.25, 0.3) is 0 Å². The topological polar surface area (TPSA) is 71.8 Å². The molecule has 0 aliphatic carbocycles. The van der Waals surface area contributed by atoms with Crippen LogP contribution in [0.3, 0.4) is 0 Å². The highest BCUT2D eigenvalue weighted by Crippen LogP contribution is 2.18. The van der Waals surface area contributed by atoms with E-state index in [2.05, 4.69) is 10.2 Å². The van der Waals surface area contributed by atoms with E-state index in [1.54, 1.807) is 0 Å². The van der Waals surface area contributed by atoms with Gasteiger partial charge in [0.1, 0.15) is 5.82 Å². The number of H-pyrrole nitrogens is 1. The Hall–Kier alpha value is -2.17. The van der Waals surface area contributed by atoms with E-state index in [4.69, 9.17) is 5.73 Å². The van der Waals surface area contributed by atoms with E-state index in [9.17, 15) is 9.18 Å². The van der Waals surface area contributed by atoms with Crippen molar-refractivity contribution in [2.24, 2.45) is 0 Å². The lowest BCUT2D eigenvalue weighted by Crippen LogP contribution is -2.06. The number of anilines is 1. The van der Waals surface area contributed by atoms with Crippen molar-refractivity contribution in [2.75, 3.05) is 5.73 Å². The van der Waals surface area contributed by atoms with Crippen molar-refractivity contribution < 1.29 is 9.18 Å². The van der Waals surface area contributed by atoms with Crippen LogP contribution < -0.4 is 5.73 Å². The van der Waals surface area contributed by atoms with Gasteiger partial charge in [0, 0.05) is 11.8 Å². The molecule has 1 aromatic heterocycles. The van der Waals surface area contributed by atoms with Crippen LogP contribution in [0.4, 0.5) is 10.1 Å². The number of benzene rings is 1. The minimum Gasteiger partial charge on any atom is -0.396 e. The van der Waals surface area contributed by atoms with Crippen LogP contribution in [0.1, 0.15) is 15.9 Å². The van der Waals surface area contributed by atoms with Gasteiger partial charge in [-0.25, -0.2) is 4.39 Å². The standard InChI is InChI=1S/C10H8FN3O/c11-8-3-1-2-7(9(8)12)10(15)6-4-13-14-5-6/h1-5H,12H2,(H,13,14). The summed E-state index contributed by atoms with van der Waals surface area (Å²) in [6.45, 7) is 0. The summed E-state index contributed by atoms with van der Waals surface area (Å²) in [4.78, 5) is 11.8. The van der Waals surface area contributed by atoms with Gasteiger partial charge in [0.05, 0.1) is 17.4 Å². The summed E-state index contributed by atoms with van der Waals surface area (Å²) < 4.78 is 13.1. The number of para-hydroxylation sites is 1. The maximum Gasteiger partial charge on any atom is 0.198 e. The molecule has 0 unspecified atom stereocenters. The molecule has 0 amide bonds. The lowest BCUT2D eigenvalue weighted by Gasteiger charge is -2.03. The first-order valence-corrected chi connectivity index (χ1v) is 4.27. The summed E-state index contributed by atoms with van der Waals surface area (Å²) in [5, 5.41) is 6.15. The molecule has 3 N–H and O–H groups in total. The van der Waals surface area contributed by atoms with E-state index in [1.807, 2.05) is 0 Å². The predicted molar refractivity (Wildman–Crippen MR) is 52.8 cm³/mol. The number of hydrogen-bond acceptors (Lipinski definition) is 3. The number of carbonyl (C=O) groups excluding carboxylic acids is 1. The second-order valence-corrected chi connectivity index (χ2v) is 3.02. The number of rotatable bonds is 2. The third-order valence-electron chi connectivity index (χ3n) is 2.06. The highest BCUT2D eigenvalue weighted by molar-refractivity contribution is 6.11. The first-order valence-electron chi connectivity index (χ1n) is 4.27. The fourth-order valence-electron chi connectivity index (χ4n) is 1.27. The Labute approximate surface area is 84.9 Å². The Kier molecular flexibility index (Phi) is 2.21. The van der Waals surface area contributed by atoms with E-state index < -0.39 is 5.82 Å². The molecule has 2 rings (SSSR count). The summed E-state index contributed by atoms with van der Waals surface area (Å²) in [5.41, 5.74) is 5.83. The summed E-state index contributed by atoms with van der Waals surface area (Å²) >= 11 is 0. The van der Waals surface area contributed by atoms with Gasteiger partial charge >= 0.3 is 0 Å². The van der Waals surface area contributed by atoms with Crippen molar-refractivity contribution in [2.45, 2.75) is 0 Å². The van der Waals surface area contributed by atoms with Crippen molar-refractivity contribution >= 4 is 11.5 Å². The molecule has 0 radical (unpaired) electrons. The Morgan fingerprint density at radius 3 is 2.93 bits per heavy atom. The maximum absolute atomic E-state index is 13.1. The molecule has 1 aromatic carbocycles. The third-order valence-corrected chi connectivity index (χ3v) is 2.06. The molecule has 0 aliphatic heterocycles. The number of aromatic nitrogens is 2. The number of carbonyl (C=O) groups is 1. The summed E-state index contributed by atoms with van der Waals surface area (Å²) in [6.07, 6.45) is 2.80. The molecular formula is C10H8FN3O. The quantitative estimate of drug-likeness (QED) is 0.574. The lowest BCUT2D eigenvalue weighted by atomic mass is 10.0. The number of ketones is 1. The average molecular weight is 205 g/mol. The molecular weight excluding hydrogens is 197 g/mol. The second kappa shape index (κ2) is 3.53. The number of nitrogens with one attached hydrogen (secondary N) is 1. The van der Waals surface area contributed by atoms with Crippen LogP contribution in [-0.4, -0.2) is 16.0 Å². The maximum atomic E-state index is 13.1. The van der Waals surface area contributed by atoms with E-state index in [0.29, 0.717) is 5.56 Å². The summed E-state index contributed by atoms with van der Waals surface area (Å²) in [6, 6.07) is 4.13. The molecule has 15 heavy (non-hydrogen) atoms. The van der Waals surface area contributed by atoms with E-state index in [1.165, 1.54) is 30.6 Å². The molecule has 4 nitrogen and oxygen atoms in total. The van der Waals surface area contributed by atoms with Gasteiger partial charge in [-0.05, 0) is 12.1 Å². The van der Waals surface area contributed by atoms with Crippen molar-refractivity contribution in [3.05, 3.63) is 47.5 Å². The molecule has 0 saturated carbocycles. The van der Waals surface area contributed by atoms with Crippen molar-refractivity contribution in [3.8, 4) is 0 Å². The minimum absolute atomic E-state index is 0.135. The predicted octanol–water partition coefficient (Wildman–Crippen LogP) is 1.36. The zero-order valence-electron chi connectivity index (χ0n) is 7.70. The number of hydrogen-bond donors (Lipinski definition) is 2. The first kappa shape index (κ1) is 9.39. The number of halogens is 1. The van der Waals surface area contributed by atoms with Crippen LogP contribution in [0.15, 0.2) is 30.6 Å². The minimum atomic E-state index is -0.593. The van der Waals surface area contributed by atoms with Crippen LogP contribution in [-0.2, 0) is 0 Å². The second-order valence-electron chi connectivity index (χ2n) is 3.02. The van der Waals surface area contributed by atoms with E-state index >= 15 is 0 Å². The first-order chi connectivity index (χ1) is 7.20. The summed E-state index contributed by atoms with van der Waals surface area (Å²) in [5.74, 6) is -0.940. The number of nitrogens with zero attached hydrogens (tertiary/aromatic N) is 1. The van der Waals surface area contributed by atoms with Gasteiger partial charge in [0.25, 0.3) is 0 Å². The molecule has 0 saturated heterocycles. The fourth-order valence-corrected chi connectivity index (χ4v) is 1.27. The van der Waals surface area contributed by atoms with Gasteiger partial charge in [-0.2, -0.15) is 5.10 Å². The number of nitrogens with two attached hydrogens (primary N) is 1. The van der Waals surface area contributed by atoms with Gasteiger partial charge in [-0.15, -0.1) is 0 Å². The van der Waals surface area contributed by atoms with Gasteiger partial charge in [0.15, 0.2) is 5.78 Å². The van der Waals surface area contributed by atoms with Gasteiger partial charge < -0.3 is 5.73 Å². The van der Waals surface area contributed by atoms with Crippen LogP contribution in [0.5, 0.6) is 0 Å². The van der Waals surface area contributed by atoms with E-state index in [0.717, 1.165) is 0 Å². The molecule has 0 atom stereocenters. The van der Waals surface area contributed by atoms with Gasteiger partial charge in [0.2, 0.25) is 0 Å². The van der Waals surface area contributed by atoms with Crippen molar-refractivity contribution in [1.82, 2.24) is 10.2 Å². The lowest BCUT2D eigenvalue weighted by molar-refractivity contribution is 0.103. The van der Waals surface area contributed by atoms with Crippen molar-refractivity contribution in [1.29, 1.82) is 0 Å². The zero-order chi connectivity index (χ0) is 10.8. The van der Waals surface area contributed by atoms with Crippen LogP contribution in [0.2, 0.25) is 0 Å². The highest BCUT2D eigenvalue weighted by Gasteiger charge is 2.14. The van der Waals surface area contributed by atoms with E-state index in [-0.39, 0.29) is 17.0 Å². The molecule has 0 bridgehead atoms. The molecule has 76 valence electrons. The Balaban J connectivity index is 2.47. The van der Waals surface area contributed by atoms with Crippen LogP contribution >= 0.6 is 0 Å². The normalized spacial score (nSPS) is 10.2.